The van der Waals surface area contributed by atoms with Crippen LogP contribution in [0, 0.1) is 0 Å². The molecule has 1 aromatic rings. The summed E-state index contributed by atoms with van der Waals surface area (Å²) in [4.78, 5) is 25.3. The van der Waals surface area contributed by atoms with Gasteiger partial charge in [-0.15, -0.1) is 11.3 Å². The summed E-state index contributed by atoms with van der Waals surface area (Å²) in [5.41, 5.74) is 0.965. The minimum atomic E-state index is -1.02. The van der Waals surface area contributed by atoms with Crippen LogP contribution in [0.2, 0.25) is 0 Å². The van der Waals surface area contributed by atoms with Crippen molar-refractivity contribution < 1.29 is 14.7 Å². The Morgan fingerprint density at radius 1 is 1.76 bits per heavy atom. The number of carboxylic acid groups (broad SMARTS) is 1. The summed E-state index contributed by atoms with van der Waals surface area (Å²) < 4.78 is 0. The van der Waals surface area contributed by atoms with E-state index < -0.39 is 12.0 Å². The number of thiazole rings is 1. The van der Waals surface area contributed by atoms with Crippen LogP contribution in [0.1, 0.15) is 17.6 Å². The van der Waals surface area contributed by atoms with Crippen molar-refractivity contribution in [2.24, 2.45) is 0 Å². The first-order chi connectivity index (χ1) is 8.17. The van der Waals surface area contributed by atoms with Gasteiger partial charge in [-0.2, -0.15) is 11.8 Å². The third kappa shape index (κ3) is 4.74. The minimum absolute atomic E-state index is 0.340. The maximum Gasteiger partial charge on any atom is 0.327 e. The summed E-state index contributed by atoms with van der Waals surface area (Å²) in [6.45, 7) is 2.05. The van der Waals surface area contributed by atoms with Gasteiger partial charge in [-0.25, -0.2) is 9.78 Å². The average Bonchev–Trinajstić information content (AvgIpc) is 2.75. The van der Waals surface area contributed by atoms with Crippen LogP contribution in [-0.2, 0) is 21.8 Å². The predicted molar refractivity (Wildman–Crippen MR) is 68.3 cm³/mol. The van der Waals surface area contributed by atoms with Crippen molar-refractivity contribution in [2.45, 2.75) is 25.1 Å². The van der Waals surface area contributed by atoms with Crippen LogP contribution in [0.4, 0.5) is 0 Å². The molecule has 1 amide bonds. The Balaban J connectivity index is 2.35. The van der Waals surface area contributed by atoms with Gasteiger partial charge in [-0.05, 0) is 6.42 Å². The fourth-order valence-electron chi connectivity index (χ4n) is 1.13. The standard InChI is InChI=1S/C10H14N2O3S2/c1-2-9-12-7(4-17-9)3-16-5-8(10(14)15)11-6-13/h4,6,8H,2-3,5H2,1H3,(H,11,13)(H,14,15). The van der Waals surface area contributed by atoms with Crippen LogP contribution >= 0.6 is 23.1 Å². The number of nitrogens with zero attached hydrogens (tertiary/aromatic N) is 1. The molecule has 1 aromatic heterocycles. The number of carboxylic acids is 1. The highest BCUT2D eigenvalue weighted by atomic mass is 32.2. The summed E-state index contributed by atoms with van der Waals surface area (Å²) in [7, 11) is 0. The van der Waals surface area contributed by atoms with E-state index in [0.29, 0.717) is 17.9 Å². The molecule has 0 aromatic carbocycles. The number of aliphatic carboxylic acids is 1. The number of hydrogen-bond acceptors (Lipinski definition) is 5. The molecule has 0 saturated carbocycles. The fraction of sp³-hybridized carbons (Fsp3) is 0.500. The van der Waals surface area contributed by atoms with Gasteiger partial charge in [0.2, 0.25) is 6.41 Å². The van der Waals surface area contributed by atoms with Crippen molar-refractivity contribution in [3.8, 4) is 0 Å². The van der Waals surface area contributed by atoms with Gasteiger partial charge in [0.25, 0.3) is 0 Å². The number of hydrogen-bond donors (Lipinski definition) is 2. The number of carbonyl (C=O) groups excluding carboxylic acids is 1. The summed E-state index contributed by atoms with van der Waals surface area (Å²) in [5, 5.41) is 14.1. The molecule has 0 saturated heterocycles. The van der Waals surface area contributed by atoms with Crippen LogP contribution in [0.5, 0.6) is 0 Å². The maximum absolute atomic E-state index is 10.7. The van der Waals surface area contributed by atoms with Crippen LogP contribution in [0.15, 0.2) is 5.38 Å². The lowest BCUT2D eigenvalue weighted by atomic mass is 10.3. The highest BCUT2D eigenvalue weighted by Crippen LogP contribution is 2.16. The lowest BCUT2D eigenvalue weighted by Crippen LogP contribution is -2.37. The number of aryl methyl sites for hydroxylation is 1. The van der Waals surface area contributed by atoms with Crippen LogP contribution in [0.25, 0.3) is 0 Å². The highest BCUT2D eigenvalue weighted by Gasteiger charge is 2.16. The van der Waals surface area contributed by atoms with E-state index in [-0.39, 0.29) is 0 Å². The van der Waals surface area contributed by atoms with Crippen LogP contribution in [-0.4, -0.2) is 34.3 Å². The van der Waals surface area contributed by atoms with E-state index in [1.165, 1.54) is 11.8 Å². The van der Waals surface area contributed by atoms with Crippen molar-refractivity contribution in [3.63, 3.8) is 0 Å². The topological polar surface area (TPSA) is 79.3 Å². The Bertz CT molecular complexity index is 381. The fourth-order valence-corrected chi connectivity index (χ4v) is 2.93. The summed E-state index contributed by atoms with van der Waals surface area (Å²) in [6, 6.07) is -0.832. The molecule has 0 aliphatic rings. The molecular weight excluding hydrogens is 260 g/mol. The Labute approximate surface area is 108 Å². The summed E-state index contributed by atoms with van der Waals surface area (Å²) >= 11 is 3.06. The SMILES string of the molecule is CCc1nc(CSCC(NC=O)C(=O)O)cs1. The molecule has 17 heavy (non-hydrogen) atoms. The molecular formula is C10H14N2O3S2. The first-order valence-electron chi connectivity index (χ1n) is 5.10. The molecule has 0 radical (unpaired) electrons. The number of carbonyl (C=O) groups is 2. The quantitative estimate of drug-likeness (QED) is 0.695. The van der Waals surface area contributed by atoms with Crippen molar-refractivity contribution in [1.82, 2.24) is 10.3 Å². The van der Waals surface area contributed by atoms with Crippen LogP contribution < -0.4 is 5.32 Å². The van der Waals surface area contributed by atoms with Gasteiger partial charge in [0.1, 0.15) is 6.04 Å². The van der Waals surface area contributed by atoms with Crippen molar-refractivity contribution in [1.29, 1.82) is 0 Å². The van der Waals surface area contributed by atoms with Crippen LogP contribution in [0.3, 0.4) is 0 Å². The Morgan fingerprint density at radius 3 is 3.06 bits per heavy atom. The molecule has 5 nitrogen and oxygen atoms in total. The number of aromatic nitrogens is 1. The van der Waals surface area contributed by atoms with Gasteiger partial charge < -0.3 is 10.4 Å². The largest absolute Gasteiger partial charge is 0.480 e. The number of rotatable bonds is 8. The van der Waals surface area contributed by atoms with Gasteiger partial charge in [0, 0.05) is 16.9 Å². The molecule has 94 valence electrons. The summed E-state index contributed by atoms with van der Waals surface area (Å²) in [6.07, 6.45) is 1.33. The first kappa shape index (κ1) is 14.0. The average molecular weight is 274 g/mol. The molecule has 0 fully saturated rings. The molecule has 0 bridgehead atoms. The molecule has 0 aliphatic carbocycles. The van der Waals surface area contributed by atoms with E-state index in [4.69, 9.17) is 5.11 Å². The zero-order valence-corrected chi connectivity index (χ0v) is 11.0. The van der Waals surface area contributed by atoms with Gasteiger partial charge in [0.15, 0.2) is 0 Å². The monoisotopic (exact) mass is 274 g/mol. The molecule has 1 unspecified atom stereocenters. The third-order valence-electron chi connectivity index (χ3n) is 2.00. The summed E-state index contributed by atoms with van der Waals surface area (Å²) in [5.74, 6) is -0.00874. The van der Waals surface area contributed by atoms with Gasteiger partial charge in [0.05, 0.1) is 10.7 Å². The van der Waals surface area contributed by atoms with Crippen molar-refractivity contribution in [2.75, 3.05) is 5.75 Å². The number of nitrogens with one attached hydrogen (secondary N) is 1. The normalized spacial score (nSPS) is 12.1. The molecule has 1 rings (SSSR count). The first-order valence-corrected chi connectivity index (χ1v) is 7.14. The van der Waals surface area contributed by atoms with Gasteiger partial charge in [-0.3, -0.25) is 4.79 Å². The van der Waals surface area contributed by atoms with E-state index in [1.54, 1.807) is 11.3 Å². The second-order valence-corrected chi connectivity index (χ2v) is 5.25. The van der Waals surface area contributed by atoms with Crippen molar-refractivity contribution in [3.05, 3.63) is 16.1 Å². The zero-order valence-electron chi connectivity index (χ0n) is 9.38. The third-order valence-corrected chi connectivity index (χ3v) is 4.11. The predicted octanol–water partition coefficient (Wildman–Crippen LogP) is 1.14. The molecule has 0 aliphatic heterocycles. The van der Waals surface area contributed by atoms with Crippen molar-refractivity contribution >= 4 is 35.5 Å². The smallest absolute Gasteiger partial charge is 0.327 e. The number of thioether (sulfide) groups is 1. The molecule has 2 N–H and O–H groups in total. The lowest BCUT2D eigenvalue weighted by Gasteiger charge is -2.09. The van der Waals surface area contributed by atoms with E-state index >= 15 is 0 Å². The van der Waals surface area contributed by atoms with E-state index in [2.05, 4.69) is 10.3 Å². The Morgan fingerprint density at radius 2 is 2.53 bits per heavy atom. The highest BCUT2D eigenvalue weighted by molar-refractivity contribution is 7.98. The molecule has 1 heterocycles. The minimum Gasteiger partial charge on any atom is -0.480 e. The van der Waals surface area contributed by atoms with E-state index in [1.807, 2.05) is 12.3 Å². The van der Waals surface area contributed by atoms with Gasteiger partial charge in [-0.1, -0.05) is 6.92 Å². The Hall–Kier alpha value is -1.08. The van der Waals surface area contributed by atoms with E-state index in [0.717, 1.165) is 17.1 Å². The van der Waals surface area contributed by atoms with Gasteiger partial charge >= 0.3 is 5.97 Å². The molecule has 1 atom stereocenters. The van der Waals surface area contributed by atoms with E-state index in [9.17, 15) is 9.59 Å². The molecule has 7 heteroatoms. The maximum atomic E-state index is 10.7. The second-order valence-electron chi connectivity index (χ2n) is 3.28. The lowest BCUT2D eigenvalue weighted by molar-refractivity contribution is -0.139. The Kier molecular flexibility index (Phi) is 5.99. The molecule has 0 spiro atoms. The number of amides is 1. The zero-order chi connectivity index (χ0) is 12.7. The second kappa shape index (κ2) is 7.29.